The summed E-state index contributed by atoms with van der Waals surface area (Å²) in [6.45, 7) is 0. The van der Waals surface area contributed by atoms with Gasteiger partial charge in [0.1, 0.15) is 0 Å². The molecule has 1 atom stereocenters. The number of rotatable bonds is 3. The highest BCUT2D eigenvalue weighted by Crippen LogP contribution is 2.39. The molecule has 1 aromatic heterocycles. The standard InChI is InChI=1S/C24H14F3N2OS/c25-24(26,27)21-14-28-23(29-21)31(30)20-13-12-16-7-2-4-10-18(16)22(20)19-11-5-8-15-6-1-3-9-17(15)19/h1-14H/q-1. The third-order valence-corrected chi connectivity index (χ3v) is 6.39. The summed E-state index contributed by atoms with van der Waals surface area (Å²) in [5.41, 5.74) is 0.399. The fraction of sp³-hybridized carbons (Fsp3) is 0.0417. The minimum absolute atomic E-state index is 0.357. The summed E-state index contributed by atoms with van der Waals surface area (Å²) < 4.78 is 52.4. The third kappa shape index (κ3) is 3.41. The zero-order valence-corrected chi connectivity index (χ0v) is 16.7. The van der Waals surface area contributed by atoms with Gasteiger partial charge in [0.15, 0.2) is 0 Å². The van der Waals surface area contributed by atoms with Gasteiger partial charge in [0, 0.05) is 16.4 Å². The van der Waals surface area contributed by atoms with Crippen molar-refractivity contribution in [1.29, 1.82) is 0 Å². The van der Waals surface area contributed by atoms with Gasteiger partial charge in [-0.3, -0.25) is 0 Å². The molecule has 0 amide bonds. The molecule has 1 unspecified atom stereocenters. The fourth-order valence-corrected chi connectivity index (χ4v) is 4.85. The summed E-state index contributed by atoms with van der Waals surface area (Å²) >= 11 is 0. The SMILES string of the molecule is O=S(c1nc(C(F)(F)F)c[n-]1)c1ccc2ccccc2c1-c1cccc2ccccc12. The van der Waals surface area contributed by atoms with Gasteiger partial charge in [-0.15, -0.1) is 0 Å². The van der Waals surface area contributed by atoms with Crippen molar-refractivity contribution in [3.05, 3.63) is 90.8 Å². The topological polar surface area (TPSA) is 44.1 Å². The number of halogens is 3. The lowest BCUT2D eigenvalue weighted by Gasteiger charge is -2.16. The van der Waals surface area contributed by atoms with Crippen LogP contribution < -0.4 is 4.98 Å². The molecule has 0 radical (unpaired) electrons. The lowest BCUT2D eigenvalue weighted by atomic mass is 9.94. The van der Waals surface area contributed by atoms with E-state index in [1.54, 1.807) is 6.07 Å². The van der Waals surface area contributed by atoms with Gasteiger partial charge in [-0.25, -0.2) is 4.21 Å². The fourth-order valence-electron chi connectivity index (χ4n) is 3.73. The number of alkyl halides is 3. The summed E-state index contributed by atoms with van der Waals surface area (Å²) in [6, 6.07) is 24.8. The van der Waals surface area contributed by atoms with Crippen LogP contribution in [-0.2, 0) is 17.0 Å². The molecule has 1 heterocycles. The Kier molecular flexibility index (Phi) is 4.63. The molecule has 31 heavy (non-hydrogen) atoms. The van der Waals surface area contributed by atoms with Gasteiger partial charge in [-0.2, -0.15) is 13.2 Å². The second kappa shape index (κ2) is 7.35. The first-order chi connectivity index (χ1) is 14.9. The lowest BCUT2D eigenvalue weighted by molar-refractivity contribution is -0.141. The number of imidazole rings is 1. The van der Waals surface area contributed by atoms with E-state index in [0.29, 0.717) is 16.7 Å². The summed E-state index contributed by atoms with van der Waals surface area (Å²) in [6.07, 6.45) is -4.02. The number of hydrogen-bond donors (Lipinski definition) is 0. The third-order valence-electron chi connectivity index (χ3n) is 5.12. The van der Waals surface area contributed by atoms with E-state index in [-0.39, 0.29) is 5.16 Å². The minimum atomic E-state index is -4.64. The van der Waals surface area contributed by atoms with Crippen molar-refractivity contribution in [2.45, 2.75) is 16.2 Å². The molecule has 0 N–H and O–H groups in total. The van der Waals surface area contributed by atoms with E-state index in [1.165, 1.54) is 0 Å². The second-order valence-corrected chi connectivity index (χ2v) is 8.33. The van der Waals surface area contributed by atoms with E-state index < -0.39 is 22.7 Å². The molecule has 7 heteroatoms. The average molecular weight is 435 g/mol. The van der Waals surface area contributed by atoms with Gasteiger partial charge < -0.3 is 9.97 Å². The highest BCUT2D eigenvalue weighted by atomic mass is 32.2. The first-order valence-corrected chi connectivity index (χ1v) is 10.6. The van der Waals surface area contributed by atoms with Crippen molar-refractivity contribution >= 4 is 32.3 Å². The maximum absolute atomic E-state index is 13.4. The maximum Gasteiger partial charge on any atom is 0.412 e. The Bertz CT molecular complexity index is 1450. The summed E-state index contributed by atoms with van der Waals surface area (Å²) in [7, 11) is -1.99. The van der Waals surface area contributed by atoms with Crippen LogP contribution in [0.3, 0.4) is 0 Å². The summed E-state index contributed by atoms with van der Waals surface area (Å²) in [4.78, 5) is 7.57. The Morgan fingerprint density at radius 3 is 2.13 bits per heavy atom. The Hall–Kier alpha value is -3.45. The van der Waals surface area contributed by atoms with Crippen molar-refractivity contribution in [2.75, 3.05) is 0 Å². The Morgan fingerprint density at radius 1 is 0.774 bits per heavy atom. The molecule has 0 saturated heterocycles. The predicted octanol–water partition coefficient (Wildman–Crippen LogP) is 6.20. The van der Waals surface area contributed by atoms with Crippen LogP contribution in [0.1, 0.15) is 5.69 Å². The van der Waals surface area contributed by atoms with Crippen LogP contribution >= 0.6 is 0 Å². The molecular formula is C24H14F3N2OS-. The van der Waals surface area contributed by atoms with Crippen LogP contribution in [0.15, 0.2) is 95.1 Å². The van der Waals surface area contributed by atoms with Gasteiger partial charge in [0.25, 0.3) is 0 Å². The molecule has 0 spiro atoms. The lowest BCUT2D eigenvalue weighted by Crippen LogP contribution is -2.06. The molecule has 3 nitrogen and oxygen atoms in total. The van der Waals surface area contributed by atoms with E-state index in [1.807, 2.05) is 72.8 Å². The van der Waals surface area contributed by atoms with Crippen LogP contribution in [0.25, 0.3) is 32.7 Å². The van der Waals surface area contributed by atoms with Crippen molar-refractivity contribution in [3.8, 4) is 11.1 Å². The molecule has 154 valence electrons. The van der Waals surface area contributed by atoms with Gasteiger partial charge in [0.2, 0.25) is 0 Å². The largest absolute Gasteiger partial charge is 0.434 e. The second-order valence-electron chi connectivity index (χ2n) is 6.99. The molecule has 0 saturated carbocycles. The molecule has 5 rings (SSSR count). The van der Waals surface area contributed by atoms with Crippen LogP contribution in [0.2, 0.25) is 0 Å². The van der Waals surface area contributed by atoms with Gasteiger partial charge in [-0.05, 0) is 33.2 Å². The first-order valence-electron chi connectivity index (χ1n) is 9.42. The monoisotopic (exact) mass is 435 g/mol. The van der Waals surface area contributed by atoms with Crippen LogP contribution in [-0.4, -0.2) is 9.19 Å². The van der Waals surface area contributed by atoms with Gasteiger partial charge >= 0.3 is 6.18 Å². The van der Waals surface area contributed by atoms with Crippen molar-refractivity contribution in [2.24, 2.45) is 0 Å². The number of hydrogen-bond acceptors (Lipinski definition) is 2. The average Bonchev–Trinajstić information content (AvgIpc) is 3.28. The number of nitrogens with zero attached hydrogens (tertiary/aromatic N) is 2. The summed E-state index contributed by atoms with van der Waals surface area (Å²) in [5.74, 6) is 0. The van der Waals surface area contributed by atoms with Crippen molar-refractivity contribution in [1.82, 2.24) is 9.97 Å². The van der Waals surface area contributed by atoms with Crippen LogP contribution in [0.5, 0.6) is 0 Å². The van der Waals surface area contributed by atoms with E-state index in [4.69, 9.17) is 0 Å². The quantitative estimate of drug-likeness (QED) is 0.339. The number of fused-ring (bicyclic) bond motifs is 2. The van der Waals surface area contributed by atoms with E-state index >= 15 is 0 Å². The van der Waals surface area contributed by atoms with Gasteiger partial charge in [0.05, 0.1) is 15.7 Å². The predicted molar refractivity (Wildman–Crippen MR) is 114 cm³/mol. The van der Waals surface area contributed by atoms with Crippen molar-refractivity contribution < 1.29 is 17.4 Å². The smallest absolute Gasteiger partial charge is 0.412 e. The van der Waals surface area contributed by atoms with Gasteiger partial charge in [-0.1, -0.05) is 79.0 Å². The Balaban J connectivity index is 1.79. The zero-order valence-electron chi connectivity index (χ0n) is 15.9. The van der Waals surface area contributed by atoms with Crippen molar-refractivity contribution in [3.63, 3.8) is 0 Å². The number of aromatic nitrogens is 2. The maximum atomic E-state index is 13.4. The molecule has 0 aliphatic heterocycles. The molecule has 0 aliphatic carbocycles. The first kappa shape index (κ1) is 19.5. The number of benzene rings is 4. The highest BCUT2D eigenvalue weighted by molar-refractivity contribution is 7.85. The van der Waals surface area contributed by atoms with E-state index in [9.17, 15) is 17.4 Å². The molecule has 0 aliphatic rings. The van der Waals surface area contributed by atoms with E-state index in [2.05, 4.69) is 9.97 Å². The minimum Gasteiger partial charge on any atom is -0.434 e. The Morgan fingerprint density at radius 2 is 1.42 bits per heavy atom. The normalized spacial score (nSPS) is 13.0. The Labute approximate surface area is 178 Å². The summed E-state index contributed by atoms with van der Waals surface area (Å²) in [5, 5.41) is 3.40. The van der Waals surface area contributed by atoms with E-state index in [0.717, 1.165) is 27.1 Å². The molecular weight excluding hydrogens is 421 g/mol. The van der Waals surface area contributed by atoms with Crippen LogP contribution in [0, 0.1) is 0 Å². The molecule has 5 aromatic rings. The molecule has 0 bridgehead atoms. The van der Waals surface area contributed by atoms with Crippen LogP contribution in [0.4, 0.5) is 13.2 Å². The molecule has 0 fully saturated rings. The highest BCUT2D eigenvalue weighted by Gasteiger charge is 2.29. The zero-order chi connectivity index (χ0) is 21.6. The molecule has 4 aromatic carbocycles.